The third-order valence-corrected chi connectivity index (χ3v) is 3.17. The lowest BCUT2D eigenvalue weighted by Gasteiger charge is -2.11. The second-order valence-corrected chi connectivity index (χ2v) is 5.09. The minimum absolute atomic E-state index is 0.0978. The maximum atomic E-state index is 11.9. The highest BCUT2D eigenvalue weighted by atomic mass is 16.5. The average molecular weight is 284 g/mol. The monoisotopic (exact) mass is 284 g/mol. The third-order valence-electron chi connectivity index (χ3n) is 3.17. The molecule has 21 heavy (non-hydrogen) atoms. The molecule has 2 rings (SSSR count). The van der Waals surface area contributed by atoms with Gasteiger partial charge in [-0.25, -0.2) is 4.98 Å². The molecule has 0 fully saturated rings. The maximum absolute atomic E-state index is 11.9. The number of aromatic nitrogens is 1. The summed E-state index contributed by atoms with van der Waals surface area (Å²) in [6.45, 7) is 6.31. The average Bonchev–Trinajstić information content (AvgIpc) is 2.42. The first-order valence-corrected chi connectivity index (χ1v) is 6.98. The van der Waals surface area contributed by atoms with Gasteiger partial charge in [-0.1, -0.05) is 18.2 Å². The summed E-state index contributed by atoms with van der Waals surface area (Å²) in [6, 6.07) is 9.72. The summed E-state index contributed by atoms with van der Waals surface area (Å²) in [5.41, 5.74) is 3.22. The molecule has 0 aliphatic carbocycles. The van der Waals surface area contributed by atoms with Gasteiger partial charge in [0.05, 0.1) is 13.0 Å². The van der Waals surface area contributed by atoms with E-state index in [4.69, 9.17) is 4.74 Å². The van der Waals surface area contributed by atoms with E-state index in [1.165, 1.54) is 0 Å². The largest absolute Gasteiger partial charge is 0.493 e. The first-order valence-electron chi connectivity index (χ1n) is 6.98. The molecule has 1 aromatic heterocycles. The van der Waals surface area contributed by atoms with Crippen LogP contribution in [0.25, 0.3) is 0 Å². The van der Waals surface area contributed by atoms with E-state index in [1.807, 2.05) is 51.1 Å². The van der Waals surface area contributed by atoms with E-state index in [9.17, 15) is 4.79 Å². The molecular formula is C17H20N2O2. The van der Waals surface area contributed by atoms with Crippen molar-refractivity contribution in [1.82, 2.24) is 4.98 Å². The van der Waals surface area contributed by atoms with E-state index in [0.29, 0.717) is 18.8 Å². The molecule has 0 saturated carbocycles. The molecule has 2 aromatic rings. The van der Waals surface area contributed by atoms with Crippen molar-refractivity contribution >= 4 is 11.7 Å². The number of carbonyl (C=O) groups excluding carboxylic acids is 1. The zero-order valence-electron chi connectivity index (χ0n) is 12.6. The molecular weight excluding hydrogens is 264 g/mol. The van der Waals surface area contributed by atoms with Crippen molar-refractivity contribution in [2.45, 2.75) is 27.2 Å². The number of para-hydroxylation sites is 1. The highest BCUT2D eigenvalue weighted by molar-refractivity contribution is 5.89. The number of pyridine rings is 1. The lowest BCUT2D eigenvalue weighted by molar-refractivity contribution is -0.116. The van der Waals surface area contributed by atoms with E-state index in [0.717, 1.165) is 22.4 Å². The van der Waals surface area contributed by atoms with Crippen molar-refractivity contribution in [1.29, 1.82) is 0 Å². The molecule has 0 saturated heterocycles. The van der Waals surface area contributed by atoms with Crippen LogP contribution in [0.3, 0.4) is 0 Å². The van der Waals surface area contributed by atoms with Crippen LogP contribution in [0.5, 0.6) is 5.75 Å². The fourth-order valence-corrected chi connectivity index (χ4v) is 2.08. The van der Waals surface area contributed by atoms with Gasteiger partial charge in [0.2, 0.25) is 5.91 Å². The molecule has 0 aliphatic rings. The molecule has 0 aliphatic heterocycles. The summed E-state index contributed by atoms with van der Waals surface area (Å²) in [6.07, 6.45) is 1.97. The summed E-state index contributed by atoms with van der Waals surface area (Å²) >= 11 is 0. The van der Waals surface area contributed by atoms with E-state index in [-0.39, 0.29) is 5.91 Å². The fourth-order valence-electron chi connectivity index (χ4n) is 2.08. The molecule has 1 aromatic carbocycles. The number of hydrogen-bond donors (Lipinski definition) is 1. The van der Waals surface area contributed by atoms with Crippen LogP contribution in [-0.2, 0) is 4.79 Å². The Labute approximate surface area is 125 Å². The van der Waals surface area contributed by atoms with Crippen molar-refractivity contribution in [3.8, 4) is 5.75 Å². The Morgan fingerprint density at radius 1 is 1.19 bits per heavy atom. The van der Waals surface area contributed by atoms with Gasteiger partial charge >= 0.3 is 0 Å². The van der Waals surface area contributed by atoms with Gasteiger partial charge in [0.15, 0.2) is 0 Å². The SMILES string of the molecule is Cc1ccnc(NC(=O)CCOc2c(C)cccc2C)c1. The number of hydrogen-bond acceptors (Lipinski definition) is 3. The topological polar surface area (TPSA) is 51.2 Å². The van der Waals surface area contributed by atoms with Gasteiger partial charge in [-0.3, -0.25) is 4.79 Å². The van der Waals surface area contributed by atoms with Crippen molar-refractivity contribution in [2.75, 3.05) is 11.9 Å². The first-order chi connectivity index (χ1) is 10.1. The van der Waals surface area contributed by atoms with Gasteiger partial charge in [0.1, 0.15) is 11.6 Å². The lowest BCUT2D eigenvalue weighted by Crippen LogP contribution is -2.16. The maximum Gasteiger partial charge on any atom is 0.228 e. The third kappa shape index (κ3) is 4.31. The number of nitrogens with zero attached hydrogens (tertiary/aromatic N) is 1. The number of amides is 1. The highest BCUT2D eigenvalue weighted by Crippen LogP contribution is 2.22. The van der Waals surface area contributed by atoms with E-state index < -0.39 is 0 Å². The Kier molecular flexibility index (Phi) is 4.93. The molecule has 1 heterocycles. The van der Waals surface area contributed by atoms with Crippen LogP contribution in [0.1, 0.15) is 23.1 Å². The minimum Gasteiger partial charge on any atom is -0.493 e. The Morgan fingerprint density at radius 2 is 1.90 bits per heavy atom. The van der Waals surface area contributed by atoms with Gasteiger partial charge in [-0.15, -0.1) is 0 Å². The number of nitrogens with one attached hydrogen (secondary N) is 1. The van der Waals surface area contributed by atoms with Gasteiger partial charge in [0, 0.05) is 6.20 Å². The number of benzene rings is 1. The van der Waals surface area contributed by atoms with Crippen LogP contribution >= 0.6 is 0 Å². The number of ether oxygens (including phenoxy) is 1. The molecule has 1 amide bonds. The smallest absolute Gasteiger partial charge is 0.228 e. The number of anilines is 1. The second kappa shape index (κ2) is 6.88. The normalized spacial score (nSPS) is 10.2. The highest BCUT2D eigenvalue weighted by Gasteiger charge is 2.06. The molecule has 110 valence electrons. The summed E-state index contributed by atoms with van der Waals surface area (Å²) < 4.78 is 5.72. The van der Waals surface area contributed by atoms with E-state index >= 15 is 0 Å². The van der Waals surface area contributed by atoms with Crippen LogP contribution in [0.4, 0.5) is 5.82 Å². The number of rotatable bonds is 5. The van der Waals surface area contributed by atoms with Gasteiger partial charge < -0.3 is 10.1 Å². The Hall–Kier alpha value is -2.36. The Bertz CT molecular complexity index is 618. The molecule has 4 heteroatoms. The quantitative estimate of drug-likeness (QED) is 0.915. The van der Waals surface area contributed by atoms with E-state index in [2.05, 4.69) is 10.3 Å². The summed E-state index contributed by atoms with van der Waals surface area (Å²) in [5.74, 6) is 1.34. The summed E-state index contributed by atoms with van der Waals surface area (Å²) in [4.78, 5) is 16.0. The Morgan fingerprint density at radius 3 is 2.57 bits per heavy atom. The predicted octanol–water partition coefficient (Wildman–Crippen LogP) is 3.41. The van der Waals surface area contributed by atoms with Gasteiger partial charge in [-0.2, -0.15) is 0 Å². The molecule has 0 spiro atoms. The van der Waals surface area contributed by atoms with Crippen molar-refractivity contribution in [2.24, 2.45) is 0 Å². The summed E-state index contributed by atoms with van der Waals surface area (Å²) in [5, 5.41) is 2.77. The van der Waals surface area contributed by atoms with Crippen molar-refractivity contribution in [3.63, 3.8) is 0 Å². The predicted molar refractivity (Wildman–Crippen MR) is 83.6 cm³/mol. The number of aryl methyl sites for hydroxylation is 3. The van der Waals surface area contributed by atoms with E-state index in [1.54, 1.807) is 6.20 Å². The number of carbonyl (C=O) groups is 1. The molecule has 0 unspecified atom stereocenters. The minimum atomic E-state index is -0.0978. The lowest BCUT2D eigenvalue weighted by atomic mass is 10.1. The van der Waals surface area contributed by atoms with Crippen LogP contribution in [0.15, 0.2) is 36.5 Å². The molecule has 0 bridgehead atoms. The standard InChI is InChI=1S/C17H20N2O2/c1-12-7-9-18-15(11-12)19-16(20)8-10-21-17-13(2)5-4-6-14(17)3/h4-7,9,11H,8,10H2,1-3H3,(H,18,19,20). The Balaban J connectivity index is 1.85. The van der Waals surface area contributed by atoms with Crippen LogP contribution < -0.4 is 10.1 Å². The van der Waals surface area contributed by atoms with Crippen LogP contribution in [0, 0.1) is 20.8 Å². The molecule has 1 N–H and O–H groups in total. The zero-order valence-corrected chi connectivity index (χ0v) is 12.6. The van der Waals surface area contributed by atoms with Gasteiger partial charge in [0.25, 0.3) is 0 Å². The van der Waals surface area contributed by atoms with Crippen LogP contribution in [0.2, 0.25) is 0 Å². The summed E-state index contributed by atoms with van der Waals surface area (Å²) in [7, 11) is 0. The van der Waals surface area contributed by atoms with Gasteiger partial charge in [-0.05, 0) is 49.6 Å². The fraction of sp³-hybridized carbons (Fsp3) is 0.294. The zero-order chi connectivity index (χ0) is 15.2. The molecule has 0 atom stereocenters. The molecule has 4 nitrogen and oxygen atoms in total. The van der Waals surface area contributed by atoms with Crippen molar-refractivity contribution in [3.05, 3.63) is 53.2 Å². The van der Waals surface area contributed by atoms with Crippen LogP contribution in [-0.4, -0.2) is 17.5 Å². The molecule has 0 radical (unpaired) electrons. The second-order valence-electron chi connectivity index (χ2n) is 5.09. The van der Waals surface area contributed by atoms with Crippen molar-refractivity contribution < 1.29 is 9.53 Å². The first kappa shape index (κ1) is 15.0.